The monoisotopic (exact) mass is 385 g/mol. The van der Waals surface area contributed by atoms with E-state index in [-0.39, 0.29) is 0 Å². The standard InChI is InChI=1S/C14H11BrF3N5/c1-22(2)12-10(11(15)21-13-19-7-20-23(12)13)8-3-5-9(6-4-8)14(16,17)18/h3-7H,1-2H3. The topological polar surface area (TPSA) is 46.3 Å². The molecule has 3 rings (SSSR count). The van der Waals surface area contributed by atoms with Crippen LogP contribution in [0, 0.1) is 0 Å². The van der Waals surface area contributed by atoms with Crippen molar-refractivity contribution in [3.8, 4) is 11.1 Å². The van der Waals surface area contributed by atoms with Crippen molar-refractivity contribution in [2.24, 2.45) is 0 Å². The normalized spacial score (nSPS) is 11.9. The molecule has 9 heteroatoms. The number of aromatic nitrogens is 4. The fourth-order valence-electron chi connectivity index (χ4n) is 2.29. The SMILES string of the molecule is CN(C)c1c(-c2ccc(C(F)(F)F)cc2)c(Br)nc2ncnn12. The predicted molar refractivity (Wildman–Crippen MR) is 83.2 cm³/mol. The molecule has 0 amide bonds. The van der Waals surface area contributed by atoms with Crippen LogP contribution in [0.2, 0.25) is 0 Å². The molecule has 0 N–H and O–H groups in total. The number of fused-ring (bicyclic) bond motifs is 1. The first-order valence-corrected chi connectivity index (χ1v) is 7.32. The molecule has 0 saturated carbocycles. The summed E-state index contributed by atoms with van der Waals surface area (Å²) >= 11 is 3.37. The van der Waals surface area contributed by atoms with Gasteiger partial charge in [-0.25, -0.2) is 4.98 Å². The van der Waals surface area contributed by atoms with Crippen LogP contribution in [0.5, 0.6) is 0 Å². The summed E-state index contributed by atoms with van der Waals surface area (Å²) in [5.41, 5.74) is 0.541. The van der Waals surface area contributed by atoms with Crippen LogP contribution in [0.25, 0.3) is 16.9 Å². The van der Waals surface area contributed by atoms with Gasteiger partial charge in [-0.05, 0) is 33.6 Å². The van der Waals surface area contributed by atoms with E-state index in [2.05, 4.69) is 31.0 Å². The highest BCUT2D eigenvalue weighted by molar-refractivity contribution is 9.10. The third-order valence-electron chi connectivity index (χ3n) is 3.28. The van der Waals surface area contributed by atoms with Gasteiger partial charge in [0.2, 0.25) is 0 Å². The zero-order valence-corrected chi connectivity index (χ0v) is 13.7. The van der Waals surface area contributed by atoms with Gasteiger partial charge in [-0.15, -0.1) is 0 Å². The first-order valence-electron chi connectivity index (χ1n) is 6.53. The molecule has 0 fully saturated rings. The minimum atomic E-state index is -4.37. The second kappa shape index (κ2) is 5.48. The lowest BCUT2D eigenvalue weighted by Gasteiger charge is -2.19. The number of halogens is 4. The van der Waals surface area contributed by atoms with Crippen molar-refractivity contribution in [2.45, 2.75) is 6.18 Å². The zero-order valence-electron chi connectivity index (χ0n) is 12.1. The summed E-state index contributed by atoms with van der Waals surface area (Å²) in [6.45, 7) is 0. The summed E-state index contributed by atoms with van der Waals surface area (Å²) in [5.74, 6) is 1.07. The Morgan fingerprint density at radius 1 is 1.13 bits per heavy atom. The molecule has 2 aromatic heterocycles. The molecule has 0 spiro atoms. The van der Waals surface area contributed by atoms with E-state index in [9.17, 15) is 13.2 Å². The Bertz CT molecular complexity index is 855. The van der Waals surface area contributed by atoms with Crippen LogP contribution >= 0.6 is 15.9 Å². The maximum absolute atomic E-state index is 12.7. The molecule has 0 radical (unpaired) electrons. The number of nitrogens with zero attached hydrogens (tertiary/aromatic N) is 5. The van der Waals surface area contributed by atoms with E-state index in [0.29, 0.717) is 27.3 Å². The molecule has 0 atom stereocenters. The Morgan fingerprint density at radius 2 is 1.78 bits per heavy atom. The van der Waals surface area contributed by atoms with Gasteiger partial charge in [0.1, 0.15) is 16.7 Å². The first-order chi connectivity index (χ1) is 10.8. The molecule has 0 aliphatic carbocycles. The van der Waals surface area contributed by atoms with Crippen molar-refractivity contribution >= 4 is 27.5 Å². The Hall–Kier alpha value is -2.16. The summed E-state index contributed by atoms with van der Waals surface area (Å²) in [5, 5.41) is 4.12. The van der Waals surface area contributed by atoms with Gasteiger partial charge < -0.3 is 4.90 Å². The third kappa shape index (κ3) is 2.76. The lowest BCUT2D eigenvalue weighted by atomic mass is 10.1. The van der Waals surface area contributed by atoms with E-state index >= 15 is 0 Å². The molecule has 0 saturated heterocycles. The summed E-state index contributed by atoms with van der Waals surface area (Å²) < 4.78 is 40.2. The van der Waals surface area contributed by atoms with Crippen molar-refractivity contribution in [1.29, 1.82) is 0 Å². The molecule has 5 nitrogen and oxygen atoms in total. The van der Waals surface area contributed by atoms with E-state index < -0.39 is 11.7 Å². The maximum atomic E-state index is 12.7. The number of rotatable bonds is 2. The minimum absolute atomic E-state index is 0.399. The fraction of sp³-hybridized carbons (Fsp3) is 0.214. The van der Waals surface area contributed by atoms with Gasteiger partial charge in [-0.1, -0.05) is 12.1 Å². The Balaban J connectivity index is 2.23. The highest BCUT2D eigenvalue weighted by Gasteiger charge is 2.30. The van der Waals surface area contributed by atoms with Crippen LogP contribution < -0.4 is 4.90 Å². The molecule has 3 aromatic rings. The van der Waals surface area contributed by atoms with Crippen molar-refractivity contribution in [3.63, 3.8) is 0 Å². The molecule has 0 unspecified atom stereocenters. The quantitative estimate of drug-likeness (QED) is 0.631. The highest BCUT2D eigenvalue weighted by Crippen LogP contribution is 2.37. The van der Waals surface area contributed by atoms with Gasteiger partial charge in [0.15, 0.2) is 0 Å². The van der Waals surface area contributed by atoms with Crippen LogP contribution in [-0.4, -0.2) is 33.7 Å². The first kappa shape index (κ1) is 15.7. The summed E-state index contributed by atoms with van der Waals surface area (Å²) in [6.07, 6.45) is -2.99. The predicted octanol–water partition coefficient (Wildman–Crippen LogP) is 3.64. The van der Waals surface area contributed by atoms with Gasteiger partial charge in [0, 0.05) is 14.1 Å². The molecule has 2 heterocycles. The van der Waals surface area contributed by atoms with Crippen LogP contribution in [0.4, 0.5) is 19.0 Å². The smallest absolute Gasteiger partial charge is 0.362 e. The average molecular weight is 386 g/mol. The lowest BCUT2D eigenvalue weighted by Crippen LogP contribution is -2.16. The second-order valence-corrected chi connectivity index (χ2v) is 5.79. The lowest BCUT2D eigenvalue weighted by molar-refractivity contribution is -0.137. The third-order valence-corrected chi connectivity index (χ3v) is 3.86. The Kier molecular flexibility index (Phi) is 3.75. The number of benzene rings is 1. The van der Waals surface area contributed by atoms with Crippen molar-refractivity contribution < 1.29 is 13.2 Å². The van der Waals surface area contributed by atoms with Gasteiger partial charge in [0.05, 0.1) is 11.1 Å². The van der Waals surface area contributed by atoms with Crippen molar-refractivity contribution in [1.82, 2.24) is 19.6 Å². The summed E-state index contributed by atoms with van der Waals surface area (Å²) in [4.78, 5) is 10.1. The average Bonchev–Trinajstić information content (AvgIpc) is 2.92. The van der Waals surface area contributed by atoms with E-state index in [1.54, 1.807) is 4.90 Å². The molecule has 0 aliphatic heterocycles. The van der Waals surface area contributed by atoms with Crippen molar-refractivity contribution in [2.75, 3.05) is 19.0 Å². The van der Waals surface area contributed by atoms with Gasteiger partial charge in [0.25, 0.3) is 5.78 Å². The summed E-state index contributed by atoms with van der Waals surface area (Å²) in [6, 6.07) is 4.93. The zero-order chi connectivity index (χ0) is 16.8. The van der Waals surface area contributed by atoms with Gasteiger partial charge in [-0.3, -0.25) is 0 Å². The molecule has 23 heavy (non-hydrogen) atoms. The van der Waals surface area contributed by atoms with Crippen LogP contribution in [0.15, 0.2) is 35.2 Å². The number of alkyl halides is 3. The maximum Gasteiger partial charge on any atom is 0.416 e. The van der Waals surface area contributed by atoms with E-state index in [1.807, 2.05) is 14.1 Å². The molecule has 1 aromatic carbocycles. The molecule has 0 aliphatic rings. The van der Waals surface area contributed by atoms with E-state index in [0.717, 1.165) is 12.1 Å². The largest absolute Gasteiger partial charge is 0.416 e. The molecular weight excluding hydrogens is 375 g/mol. The van der Waals surface area contributed by atoms with Crippen LogP contribution in [0.1, 0.15) is 5.56 Å². The van der Waals surface area contributed by atoms with Crippen LogP contribution in [-0.2, 0) is 6.18 Å². The fourth-order valence-corrected chi connectivity index (χ4v) is 2.85. The molecule has 120 valence electrons. The number of hydrogen-bond acceptors (Lipinski definition) is 4. The van der Waals surface area contributed by atoms with E-state index in [4.69, 9.17) is 0 Å². The Morgan fingerprint density at radius 3 is 2.35 bits per heavy atom. The molecular formula is C14H11BrF3N5. The van der Waals surface area contributed by atoms with Gasteiger partial charge >= 0.3 is 6.18 Å². The Labute approximate surface area is 137 Å². The highest BCUT2D eigenvalue weighted by atomic mass is 79.9. The van der Waals surface area contributed by atoms with Crippen molar-refractivity contribution in [3.05, 3.63) is 40.8 Å². The minimum Gasteiger partial charge on any atom is -0.362 e. The number of hydrogen-bond donors (Lipinski definition) is 0. The summed E-state index contributed by atoms with van der Waals surface area (Å²) in [7, 11) is 3.63. The van der Waals surface area contributed by atoms with Crippen LogP contribution in [0.3, 0.4) is 0 Å². The second-order valence-electron chi connectivity index (χ2n) is 5.04. The van der Waals surface area contributed by atoms with Gasteiger partial charge in [-0.2, -0.15) is 27.8 Å². The number of anilines is 1. The van der Waals surface area contributed by atoms with E-state index in [1.165, 1.54) is 23.0 Å². The molecule has 0 bridgehead atoms.